The summed E-state index contributed by atoms with van der Waals surface area (Å²) in [5.74, 6) is -0.241. The Morgan fingerprint density at radius 1 is 0.933 bits per heavy atom. The first kappa shape index (κ1) is 19.8. The Kier molecular flexibility index (Phi) is 5.86. The highest BCUT2D eigenvalue weighted by atomic mass is 32.1. The average molecular weight is 416 g/mol. The van der Waals surface area contributed by atoms with Crippen molar-refractivity contribution in [1.29, 1.82) is 0 Å². The fourth-order valence-corrected chi connectivity index (χ4v) is 4.23. The molecule has 30 heavy (non-hydrogen) atoms. The summed E-state index contributed by atoms with van der Waals surface area (Å²) in [5.41, 5.74) is 4.65. The van der Waals surface area contributed by atoms with E-state index in [1.807, 2.05) is 36.4 Å². The molecule has 0 unspecified atom stereocenters. The summed E-state index contributed by atoms with van der Waals surface area (Å²) < 4.78 is 1.07. The highest BCUT2D eigenvalue weighted by molar-refractivity contribution is 7.18. The Morgan fingerprint density at radius 3 is 2.57 bits per heavy atom. The van der Waals surface area contributed by atoms with E-state index in [0.717, 1.165) is 31.9 Å². The van der Waals surface area contributed by atoms with E-state index in [2.05, 4.69) is 39.9 Å². The van der Waals surface area contributed by atoms with Gasteiger partial charge >= 0.3 is 0 Å². The van der Waals surface area contributed by atoms with Gasteiger partial charge in [0.25, 0.3) is 5.91 Å². The molecule has 0 bridgehead atoms. The number of carbonyl (C=O) groups is 2. The molecule has 0 saturated heterocycles. The van der Waals surface area contributed by atoms with Gasteiger partial charge in [-0.3, -0.25) is 9.59 Å². The Labute approximate surface area is 178 Å². The lowest BCUT2D eigenvalue weighted by Crippen LogP contribution is -2.25. The van der Waals surface area contributed by atoms with Crippen LogP contribution in [0.1, 0.15) is 20.9 Å². The summed E-state index contributed by atoms with van der Waals surface area (Å²) in [4.78, 5) is 28.7. The van der Waals surface area contributed by atoms with Gasteiger partial charge in [0.05, 0.1) is 16.6 Å². The van der Waals surface area contributed by atoms with Gasteiger partial charge in [-0.05, 0) is 41.0 Å². The van der Waals surface area contributed by atoms with Crippen molar-refractivity contribution >= 4 is 33.4 Å². The number of hydrogen-bond donors (Lipinski definition) is 2. The molecule has 1 heterocycles. The van der Waals surface area contributed by atoms with E-state index >= 15 is 0 Å². The lowest BCUT2D eigenvalue weighted by molar-refractivity contribution is -0.120. The summed E-state index contributed by atoms with van der Waals surface area (Å²) in [7, 11) is 1.59. The third kappa shape index (κ3) is 4.55. The van der Waals surface area contributed by atoms with Crippen molar-refractivity contribution in [2.24, 2.45) is 0 Å². The largest absolute Gasteiger partial charge is 0.355 e. The van der Waals surface area contributed by atoms with E-state index in [-0.39, 0.29) is 18.2 Å². The summed E-state index contributed by atoms with van der Waals surface area (Å²) in [5, 5.41) is 6.29. The summed E-state index contributed by atoms with van der Waals surface area (Å²) in [6.07, 6.45) is 0.231. The fraction of sp³-hybridized carbons (Fsp3) is 0.125. The SMILES string of the molecule is CNC(=O)c1cccc(CNC(=O)Cc2nc3ccc(-c4ccccc4)cc3s2)c1. The number of hydrogen-bond acceptors (Lipinski definition) is 4. The van der Waals surface area contributed by atoms with E-state index in [1.165, 1.54) is 0 Å². The van der Waals surface area contributed by atoms with Crippen LogP contribution in [-0.2, 0) is 17.8 Å². The van der Waals surface area contributed by atoms with Crippen molar-refractivity contribution in [3.63, 3.8) is 0 Å². The van der Waals surface area contributed by atoms with Gasteiger partial charge in [0.15, 0.2) is 0 Å². The minimum Gasteiger partial charge on any atom is -0.355 e. The van der Waals surface area contributed by atoms with E-state index in [1.54, 1.807) is 30.5 Å². The van der Waals surface area contributed by atoms with Crippen LogP contribution in [0, 0.1) is 0 Å². The molecule has 150 valence electrons. The predicted molar refractivity (Wildman–Crippen MR) is 120 cm³/mol. The van der Waals surface area contributed by atoms with Crippen molar-refractivity contribution in [1.82, 2.24) is 15.6 Å². The molecule has 0 radical (unpaired) electrons. The van der Waals surface area contributed by atoms with Crippen LogP contribution < -0.4 is 10.6 Å². The monoisotopic (exact) mass is 415 g/mol. The number of fused-ring (bicyclic) bond motifs is 1. The van der Waals surface area contributed by atoms with Crippen LogP contribution in [0.4, 0.5) is 0 Å². The van der Waals surface area contributed by atoms with Gasteiger partial charge in [-0.15, -0.1) is 11.3 Å². The van der Waals surface area contributed by atoms with Gasteiger partial charge in [0.1, 0.15) is 5.01 Å². The van der Waals surface area contributed by atoms with E-state index in [4.69, 9.17) is 0 Å². The van der Waals surface area contributed by atoms with E-state index in [0.29, 0.717) is 12.1 Å². The lowest BCUT2D eigenvalue weighted by atomic mass is 10.1. The van der Waals surface area contributed by atoms with Gasteiger partial charge in [-0.25, -0.2) is 4.98 Å². The number of nitrogens with one attached hydrogen (secondary N) is 2. The molecule has 4 rings (SSSR count). The van der Waals surface area contributed by atoms with Crippen molar-refractivity contribution < 1.29 is 9.59 Å². The predicted octanol–water partition coefficient (Wildman–Crippen LogP) is 4.18. The first-order valence-electron chi connectivity index (χ1n) is 9.65. The maximum absolute atomic E-state index is 12.4. The number of rotatable bonds is 6. The van der Waals surface area contributed by atoms with Crippen LogP contribution in [0.25, 0.3) is 21.3 Å². The topological polar surface area (TPSA) is 71.1 Å². The van der Waals surface area contributed by atoms with Crippen molar-refractivity contribution in [2.75, 3.05) is 7.05 Å². The molecule has 0 saturated carbocycles. The number of amides is 2. The van der Waals surface area contributed by atoms with Crippen molar-refractivity contribution in [2.45, 2.75) is 13.0 Å². The highest BCUT2D eigenvalue weighted by Gasteiger charge is 2.11. The molecule has 1 aromatic heterocycles. The molecule has 2 amide bonds. The molecular formula is C24H21N3O2S. The summed E-state index contributed by atoms with van der Waals surface area (Å²) >= 11 is 1.54. The molecule has 4 aromatic rings. The third-order valence-electron chi connectivity index (χ3n) is 4.76. The van der Waals surface area contributed by atoms with Gasteiger partial charge < -0.3 is 10.6 Å². The molecule has 0 aliphatic carbocycles. The Balaban J connectivity index is 1.41. The van der Waals surface area contributed by atoms with Gasteiger partial charge in [0, 0.05) is 19.2 Å². The van der Waals surface area contributed by atoms with Crippen LogP contribution in [0.3, 0.4) is 0 Å². The highest BCUT2D eigenvalue weighted by Crippen LogP contribution is 2.28. The molecule has 0 atom stereocenters. The van der Waals surface area contributed by atoms with Crippen molar-refractivity contribution in [3.8, 4) is 11.1 Å². The van der Waals surface area contributed by atoms with Crippen LogP contribution in [0.2, 0.25) is 0 Å². The van der Waals surface area contributed by atoms with Crippen LogP contribution in [-0.4, -0.2) is 23.8 Å². The molecule has 6 heteroatoms. The Hall–Kier alpha value is -3.51. The zero-order valence-corrected chi connectivity index (χ0v) is 17.3. The van der Waals surface area contributed by atoms with Gasteiger partial charge in [-0.1, -0.05) is 48.5 Å². The second-order valence-electron chi connectivity index (χ2n) is 6.89. The second-order valence-corrected chi connectivity index (χ2v) is 8.00. The minimum atomic E-state index is -0.146. The molecular weight excluding hydrogens is 394 g/mol. The van der Waals surface area contributed by atoms with E-state index in [9.17, 15) is 9.59 Å². The first-order valence-corrected chi connectivity index (χ1v) is 10.5. The van der Waals surface area contributed by atoms with Gasteiger partial charge in [0.2, 0.25) is 5.91 Å². The minimum absolute atomic E-state index is 0.0947. The lowest BCUT2D eigenvalue weighted by Gasteiger charge is -2.06. The van der Waals surface area contributed by atoms with Crippen LogP contribution in [0.5, 0.6) is 0 Å². The quantitative estimate of drug-likeness (QED) is 0.496. The molecule has 0 fully saturated rings. The maximum Gasteiger partial charge on any atom is 0.251 e. The average Bonchev–Trinajstić information content (AvgIpc) is 3.19. The second kappa shape index (κ2) is 8.88. The van der Waals surface area contributed by atoms with Crippen LogP contribution in [0.15, 0.2) is 72.8 Å². The fourth-order valence-electron chi connectivity index (χ4n) is 3.23. The van der Waals surface area contributed by atoms with E-state index < -0.39 is 0 Å². The first-order chi connectivity index (χ1) is 14.6. The van der Waals surface area contributed by atoms with Gasteiger partial charge in [-0.2, -0.15) is 0 Å². The number of carbonyl (C=O) groups excluding carboxylic acids is 2. The van der Waals surface area contributed by atoms with Crippen LogP contribution >= 0.6 is 11.3 Å². The molecule has 5 nitrogen and oxygen atoms in total. The number of nitrogens with zero attached hydrogens (tertiary/aromatic N) is 1. The Bertz CT molecular complexity index is 1200. The number of thiazole rings is 1. The maximum atomic E-state index is 12.4. The number of aromatic nitrogens is 1. The number of benzene rings is 3. The standard InChI is InChI=1S/C24H21N3O2S/c1-25-24(29)19-9-5-6-16(12-19)15-26-22(28)14-23-27-20-11-10-18(13-21(20)30-23)17-7-3-2-4-8-17/h2-13H,14-15H2,1H3,(H,25,29)(H,26,28). The summed E-state index contributed by atoms with van der Waals surface area (Å²) in [6.45, 7) is 0.368. The third-order valence-corrected chi connectivity index (χ3v) is 5.78. The summed E-state index contributed by atoms with van der Waals surface area (Å²) in [6, 6.07) is 23.6. The molecule has 0 aliphatic heterocycles. The normalized spacial score (nSPS) is 10.7. The molecule has 0 spiro atoms. The zero-order valence-electron chi connectivity index (χ0n) is 16.5. The smallest absolute Gasteiger partial charge is 0.251 e. The molecule has 2 N–H and O–H groups in total. The van der Waals surface area contributed by atoms with Crippen molar-refractivity contribution in [3.05, 3.63) is 88.9 Å². The molecule has 0 aliphatic rings. The Morgan fingerprint density at radius 2 is 1.77 bits per heavy atom. The molecule has 3 aromatic carbocycles. The zero-order chi connectivity index (χ0) is 20.9.